The Morgan fingerprint density at radius 2 is 1.79 bits per heavy atom. The van der Waals surface area contributed by atoms with Gasteiger partial charge in [0.05, 0.1) is 17.6 Å². The van der Waals surface area contributed by atoms with Gasteiger partial charge in [0.1, 0.15) is 11.4 Å². The van der Waals surface area contributed by atoms with Gasteiger partial charge in [-0.25, -0.2) is 18.9 Å². The van der Waals surface area contributed by atoms with Crippen LogP contribution in [0.5, 0.6) is 0 Å². The fraction of sp³-hybridized carbons (Fsp3) is 0.333. The molecule has 4 rings (SSSR count). The zero-order valence-electron chi connectivity index (χ0n) is 18.6. The number of carbonyl (C=O) groups is 2. The van der Waals surface area contributed by atoms with Crippen LogP contribution in [0.1, 0.15) is 35.8 Å². The molecule has 1 aliphatic heterocycles. The second-order valence-corrected chi connectivity index (χ2v) is 8.09. The van der Waals surface area contributed by atoms with Crippen LogP contribution in [-0.2, 0) is 9.53 Å². The summed E-state index contributed by atoms with van der Waals surface area (Å²) in [4.78, 5) is 33.2. The maximum Gasteiger partial charge on any atom is 0.342 e. The second kappa shape index (κ2) is 9.81. The molecule has 0 spiro atoms. The van der Waals surface area contributed by atoms with Gasteiger partial charge in [-0.3, -0.25) is 4.79 Å². The van der Waals surface area contributed by atoms with Crippen molar-refractivity contribution in [2.24, 2.45) is 0 Å². The van der Waals surface area contributed by atoms with E-state index in [0.29, 0.717) is 48.9 Å². The molecule has 8 nitrogen and oxygen atoms in total. The molecule has 1 fully saturated rings. The van der Waals surface area contributed by atoms with Gasteiger partial charge in [0.2, 0.25) is 0 Å². The van der Waals surface area contributed by atoms with Gasteiger partial charge in [-0.1, -0.05) is 32.0 Å². The summed E-state index contributed by atoms with van der Waals surface area (Å²) in [6, 6.07) is 12.0. The first-order valence-corrected chi connectivity index (χ1v) is 10.9. The molecule has 0 radical (unpaired) electrons. The Morgan fingerprint density at radius 1 is 1.06 bits per heavy atom. The lowest BCUT2D eigenvalue weighted by Crippen LogP contribution is -2.50. The molecular weight excluding hydrogens is 425 g/mol. The Hall–Kier alpha value is -3.75. The van der Waals surface area contributed by atoms with E-state index in [9.17, 15) is 14.0 Å². The first kappa shape index (κ1) is 22.4. The molecule has 0 saturated carbocycles. The molecule has 0 atom stereocenters. The molecule has 1 saturated heterocycles. The summed E-state index contributed by atoms with van der Waals surface area (Å²) in [5.74, 6) is -0.569. The van der Waals surface area contributed by atoms with Crippen molar-refractivity contribution in [1.82, 2.24) is 19.7 Å². The van der Waals surface area contributed by atoms with Crippen molar-refractivity contribution in [2.75, 3.05) is 37.7 Å². The highest BCUT2D eigenvalue weighted by Gasteiger charge is 2.26. The van der Waals surface area contributed by atoms with Gasteiger partial charge in [0, 0.05) is 32.4 Å². The van der Waals surface area contributed by atoms with Gasteiger partial charge < -0.3 is 14.5 Å². The SMILES string of the molecule is CC(C)c1c(C(=O)OCC(=O)N2CCN(c3ccccc3F)CC2)cnn1-c1ccccn1. The topological polar surface area (TPSA) is 80.6 Å². The minimum absolute atomic E-state index is 0.0146. The highest BCUT2D eigenvalue weighted by molar-refractivity contribution is 5.92. The number of rotatable bonds is 6. The lowest BCUT2D eigenvalue weighted by molar-refractivity contribution is -0.134. The number of benzene rings is 1. The van der Waals surface area contributed by atoms with Crippen molar-refractivity contribution >= 4 is 17.6 Å². The summed E-state index contributed by atoms with van der Waals surface area (Å²) < 4.78 is 21.0. The monoisotopic (exact) mass is 451 g/mol. The standard InChI is InChI=1S/C24H26FN5O3/c1-17(2)23-18(15-27-30(23)21-9-5-6-10-26-21)24(32)33-16-22(31)29-13-11-28(12-14-29)20-8-4-3-7-19(20)25/h3-10,15,17H,11-14,16H2,1-2H3. The van der Waals surface area contributed by atoms with Crippen LogP contribution in [-0.4, -0.2) is 64.3 Å². The van der Waals surface area contributed by atoms with Crippen LogP contribution in [0.25, 0.3) is 5.82 Å². The summed E-state index contributed by atoms with van der Waals surface area (Å²) in [7, 11) is 0. The van der Waals surface area contributed by atoms with E-state index < -0.39 is 5.97 Å². The molecule has 0 aliphatic carbocycles. The highest BCUT2D eigenvalue weighted by Crippen LogP contribution is 2.23. The predicted molar refractivity (Wildman–Crippen MR) is 121 cm³/mol. The van der Waals surface area contributed by atoms with Gasteiger partial charge in [0.15, 0.2) is 12.4 Å². The molecule has 172 valence electrons. The fourth-order valence-electron chi connectivity index (χ4n) is 3.93. The molecule has 1 amide bonds. The molecule has 2 aromatic heterocycles. The van der Waals surface area contributed by atoms with Crippen molar-refractivity contribution in [3.8, 4) is 5.82 Å². The van der Waals surface area contributed by atoms with Gasteiger partial charge >= 0.3 is 5.97 Å². The fourth-order valence-corrected chi connectivity index (χ4v) is 3.93. The number of pyridine rings is 1. The van der Waals surface area contributed by atoms with Crippen LogP contribution in [0.15, 0.2) is 54.9 Å². The highest BCUT2D eigenvalue weighted by atomic mass is 19.1. The van der Waals surface area contributed by atoms with Crippen LogP contribution < -0.4 is 4.90 Å². The minimum Gasteiger partial charge on any atom is -0.452 e. The number of nitrogens with zero attached hydrogens (tertiary/aromatic N) is 5. The zero-order chi connectivity index (χ0) is 23.4. The minimum atomic E-state index is -0.598. The lowest BCUT2D eigenvalue weighted by Gasteiger charge is -2.36. The maximum atomic E-state index is 14.0. The predicted octanol–water partition coefficient (Wildman–Crippen LogP) is 3.04. The maximum absolute atomic E-state index is 14.0. The van der Waals surface area contributed by atoms with E-state index in [1.54, 1.807) is 46.1 Å². The number of aromatic nitrogens is 3. The largest absolute Gasteiger partial charge is 0.452 e. The van der Waals surface area contributed by atoms with E-state index in [1.165, 1.54) is 12.3 Å². The smallest absolute Gasteiger partial charge is 0.342 e. The molecule has 33 heavy (non-hydrogen) atoms. The molecule has 9 heteroatoms. The Morgan fingerprint density at radius 3 is 2.45 bits per heavy atom. The van der Waals surface area contributed by atoms with E-state index in [4.69, 9.17) is 4.74 Å². The summed E-state index contributed by atoms with van der Waals surface area (Å²) in [6.45, 7) is 5.43. The lowest BCUT2D eigenvalue weighted by atomic mass is 10.1. The number of hydrogen-bond donors (Lipinski definition) is 0. The summed E-state index contributed by atoms with van der Waals surface area (Å²) in [5.41, 5.74) is 1.51. The van der Waals surface area contributed by atoms with E-state index in [1.807, 2.05) is 24.8 Å². The molecule has 3 heterocycles. The average Bonchev–Trinajstić information content (AvgIpc) is 3.29. The van der Waals surface area contributed by atoms with Crippen LogP contribution in [0.4, 0.5) is 10.1 Å². The zero-order valence-corrected chi connectivity index (χ0v) is 18.6. The number of piperazine rings is 1. The number of anilines is 1. The van der Waals surface area contributed by atoms with Crippen LogP contribution >= 0.6 is 0 Å². The van der Waals surface area contributed by atoms with E-state index in [-0.39, 0.29) is 24.2 Å². The molecule has 0 N–H and O–H groups in total. The van der Waals surface area contributed by atoms with Crippen molar-refractivity contribution in [3.63, 3.8) is 0 Å². The second-order valence-electron chi connectivity index (χ2n) is 8.09. The van der Waals surface area contributed by atoms with Gasteiger partial charge in [-0.2, -0.15) is 5.10 Å². The molecule has 1 aliphatic rings. The number of hydrogen-bond acceptors (Lipinski definition) is 6. The number of amides is 1. The number of para-hydroxylation sites is 1. The summed E-state index contributed by atoms with van der Waals surface area (Å²) in [6.07, 6.45) is 3.10. The third-order valence-electron chi connectivity index (χ3n) is 5.59. The van der Waals surface area contributed by atoms with Crippen LogP contribution in [0, 0.1) is 5.82 Å². The Bertz CT molecular complexity index is 1120. The summed E-state index contributed by atoms with van der Waals surface area (Å²) >= 11 is 0. The first-order chi connectivity index (χ1) is 16.0. The van der Waals surface area contributed by atoms with Crippen molar-refractivity contribution in [2.45, 2.75) is 19.8 Å². The van der Waals surface area contributed by atoms with E-state index >= 15 is 0 Å². The number of halogens is 1. The number of esters is 1. The molecule has 0 bridgehead atoms. The Kier molecular flexibility index (Phi) is 6.67. The number of carbonyl (C=O) groups excluding carboxylic acids is 2. The van der Waals surface area contributed by atoms with E-state index in [2.05, 4.69) is 10.1 Å². The van der Waals surface area contributed by atoms with Crippen LogP contribution in [0.3, 0.4) is 0 Å². The normalized spacial score (nSPS) is 13.9. The molecular formula is C24H26FN5O3. The third kappa shape index (κ3) is 4.87. The third-order valence-corrected chi connectivity index (χ3v) is 5.59. The molecule has 3 aromatic rings. The van der Waals surface area contributed by atoms with Gasteiger partial charge in [-0.05, 0) is 30.2 Å². The van der Waals surface area contributed by atoms with Crippen molar-refractivity contribution in [1.29, 1.82) is 0 Å². The summed E-state index contributed by atoms with van der Waals surface area (Å²) in [5, 5.41) is 4.31. The molecule has 0 unspecified atom stereocenters. The Labute approximate surface area is 191 Å². The van der Waals surface area contributed by atoms with E-state index in [0.717, 1.165) is 0 Å². The van der Waals surface area contributed by atoms with Crippen molar-refractivity contribution in [3.05, 3.63) is 71.9 Å². The Balaban J connectivity index is 1.36. The van der Waals surface area contributed by atoms with Gasteiger partial charge in [-0.15, -0.1) is 0 Å². The van der Waals surface area contributed by atoms with Gasteiger partial charge in [0.25, 0.3) is 5.91 Å². The van der Waals surface area contributed by atoms with Crippen LogP contribution in [0.2, 0.25) is 0 Å². The number of ether oxygens (including phenoxy) is 1. The van der Waals surface area contributed by atoms with Crippen molar-refractivity contribution < 1.29 is 18.7 Å². The first-order valence-electron chi connectivity index (χ1n) is 10.9. The molecule has 1 aromatic carbocycles. The quantitative estimate of drug-likeness (QED) is 0.536. The average molecular weight is 452 g/mol.